The van der Waals surface area contributed by atoms with Gasteiger partial charge in [-0.05, 0) is 105 Å². The van der Waals surface area contributed by atoms with Gasteiger partial charge < -0.3 is 9.80 Å². The van der Waals surface area contributed by atoms with Crippen molar-refractivity contribution in [2.75, 3.05) is 9.80 Å². The molecule has 2 unspecified atom stereocenters. The molecule has 2 aliphatic rings. The molecule has 0 bridgehead atoms. The fourth-order valence-corrected chi connectivity index (χ4v) is 8.22. The van der Waals surface area contributed by atoms with Crippen molar-refractivity contribution < 1.29 is 0 Å². The van der Waals surface area contributed by atoms with Gasteiger partial charge in [-0.15, -0.1) is 0 Å². The van der Waals surface area contributed by atoms with E-state index in [1.54, 1.807) is 0 Å². The molecule has 0 saturated carbocycles. The van der Waals surface area contributed by atoms with Gasteiger partial charge in [0.2, 0.25) is 0 Å². The van der Waals surface area contributed by atoms with Crippen LogP contribution in [0, 0.1) is 0 Å². The van der Waals surface area contributed by atoms with E-state index in [0.29, 0.717) is 5.92 Å². The van der Waals surface area contributed by atoms with Crippen LogP contribution in [0.5, 0.6) is 0 Å². The first-order valence-corrected chi connectivity index (χ1v) is 18.1. The highest BCUT2D eigenvalue weighted by atomic mass is 15.2. The maximum Gasteiger partial charge on any atom is 0.0629 e. The SMILES string of the molecule is C1=CC2c3cc(-c4ccc(N(c5ccccc5)c5ccc(-c6ccc7ccccc7c6)cc5)cc4)ccc3N(c3cccc4ccccc34)C2C=C1. The quantitative estimate of drug-likeness (QED) is 0.175. The fourth-order valence-electron chi connectivity index (χ4n) is 8.22. The minimum absolute atomic E-state index is 0.246. The number of benzene rings is 8. The molecule has 10 rings (SSSR count). The number of rotatable bonds is 6. The molecule has 0 fully saturated rings. The summed E-state index contributed by atoms with van der Waals surface area (Å²) < 4.78 is 0. The van der Waals surface area contributed by atoms with Gasteiger partial charge in [0.15, 0.2) is 0 Å². The Hall–Kier alpha value is -6.64. The lowest BCUT2D eigenvalue weighted by Crippen LogP contribution is -2.28. The van der Waals surface area contributed by atoms with E-state index >= 15 is 0 Å². The second-order valence-electron chi connectivity index (χ2n) is 13.8. The number of fused-ring (bicyclic) bond motifs is 5. The summed E-state index contributed by atoms with van der Waals surface area (Å²) in [6, 6.07) is 66.5. The summed E-state index contributed by atoms with van der Waals surface area (Å²) in [6.45, 7) is 0. The first-order valence-electron chi connectivity index (χ1n) is 18.1. The molecule has 2 nitrogen and oxygen atoms in total. The van der Waals surface area contributed by atoms with Crippen LogP contribution in [0.4, 0.5) is 28.4 Å². The van der Waals surface area contributed by atoms with E-state index in [-0.39, 0.29) is 6.04 Å². The minimum atomic E-state index is 0.246. The predicted octanol–water partition coefficient (Wildman–Crippen LogP) is 13.5. The van der Waals surface area contributed by atoms with Gasteiger partial charge in [0.25, 0.3) is 0 Å². The highest BCUT2D eigenvalue weighted by Crippen LogP contribution is 2.50. The standard InChI is InChI=1S/C50H36N2/c1-2-15-42(16-3-1)51(43-28-23-36(24-29-43)40-22-21-35-11-4-5-13-39(35)33-40)44-30-25-37(26-31-44)41-27-32-50-47(34-41)46-18-8-9-19-49(46)52(50)48-20-10-14-38-12-6-7-17-45(38)48/h1-34,46,49H. The Balaban J connectivity index is 0.988. The first-order chi connectivity index (χ1) is 25.8. The normalized spacial score (nSPS) is 15.9. The average molecular weight is 665 g/mol. The van der Waals surface area contributed by atoms with Crippen LogP contribution in [-0.2, 0) is 0 Å². The molecule has 8 aromatic rings. The third-order valence-corrected chi connectivity index (χ3v) is 10.8. The Labute approximate surface area is 304 Å². The molecule has 2 heteroatoms. The van der Waals surface area contributed by atoms with Crippen molar-refractivity contribution in [3.05, 3.63) is 212 Å². The monoisotopic (exact) mass is 664 g/mol. The predicted molar refractivity (Wildman–Crippen MR) is 220 cm³/mol. The third-order valence-electron chi connectivity index (χ3n) is 10.8. The zero-order valence-electron chi connectivity index (χ0n) is 28.7. The molecule has 246 valence electrons. The molecular formula is C50H36N2. The first kappa shape index (κ1) is 30.2. The zero-order valence-corrected chi connectivity index (χ0v) is 28.7. The van der Waals surface area contributed by atoms with Crippen LogP contribution in [0.25, 0.3) is 43.8 Å². The van der Waals surface area contributed by atoms with E-state index in [1.807, 2.05) is 0 Å². The van der Waals surface area contributed by atoms with Crippen LogP contribution >= 0.6 is 0 Å². The van der Waals surface area contributed by atoms with Gasteiger partial charge in [-0.2, -0.15) is 0 Å². The molecule has 2 atom stereocenters. The average Bonchev–Trinajstić information content (AvgIpc) is 3.55. The van der Waals surface area contributed by atoms with Gasteiger partial charge in [-0.25, -0.2) is 0 Å². The molecule has 1 aliphatic heterocycles. The van der Waals surface area contributed by atoms with Crippen molar-refractivity contribution in [1.29, 1.82) is 0 Å². The van der Waals surface area contributed by atoms with Crippen molar-refractivity contribution in [2.45, 2.75) is 12.0 Å². The summed E-state index contributed by atoms with van der Waals surface area (Å²) in [4.78, 5) is 4.88. The summed E-state index contributed by atoms with van der Waals surface area (Å²) in [5.74, 6) is 0.296. The lowest BCUT2D eigenvalue weighted by molar-refractivity contribution is 0.746. The van der Waals surface area contributed by atoms with E-state index in [4.69, 9.17) is 0 Å². The number of nitrogens with zero attached hydrogens (tertiary/aromatic N) is 2. The van der Waals surface area contributed by atoms with E-state index < -0.39 is 0 Å². The highest BCUT2D eigenvalue weighted by Gasteiger charge is 2.38. The molecule has 8 aromatic carbocycles. The molecule has 0 saturated heterocycles. The summed E-state index contributed by atoms with van der Waals surface area (Å²) in [5.41, 5.74) is 12.2. The fraction of sp³-hybridized carbons (Fsp3) is 0.0400. The summed E-state index contributed by atoms with van der Waals surface area (Å²) in [6.07, 6.45) is 9.11. The van der Waals surface area contributed by atoms with Crippen LogP contribution in [0.3, 0.4) is 0 Å². The van der Waals surface area contributed by atoms with Gasteiger partial charge in [0, 0.05) is 39.7 Å². The van der Waals surface area contributed by atoms with Crippen molar-refractivity contribution >= 4 is 50.0 Å². The van der Waals surface area contributed by atoms with E-state index in [1.165, 1.54) is 60.7 Å². The summed E-state index contributed by atoms with van der Waals surface area (Å²) >= 11 is 0. The number of para-hydroxylation sites is 1. The molecule has 1 aliphatic carbocycles. The Morgan fingerprint density at radius 3 is 1.73 bits per heavy atom. The van der Waals surface area contributed by atoms with E-state index in [9.17, 15) is 0 Å². The highest BCUT2D eigenvalue weighted by molar-refractivity contribution is 5.98. The molecule has 0 aromatic heterocycles. The van der Waals surface area contributed by atoms with Gasteiger partial charge in [0.1, 0.15) is 0 Å². The largest absolute Gasteiger partial charge is 0.333 e. The van der Waals surface area contributed by atoms with Crippen molar-refractivity contribution in [3.63, 3.8) is 0 Å². The second-order valence-corrected chi connectivity index (χ2v) is 13.8. The van der Waals surface area contributed by atoms with Gasteiger partial charge in [-0.3, -0.25) is 0 Å². The second kappa shape index (κ2) is 12.6. The molecular weight excluding hydrogens is 629 g/mol. The van der Waals surface area contributed by atoms with E-state index in [0.717, 1.165) is 17.1 Å². The Bertz CT molecular complexity index is 2630. The number of hydrogen-bond donors (Lipinski definition) is 0. The molecule has 52 heavy (non-hydrogen) atoms. The maximum absolute atomic E-state index is 2.54. The molecule has 0 radical (unpaired) electrons. The van der Waals surface area contributed by atoms with Crippen LogP contribution in [0.15, 0.2) is 206 Å². The van der Waals surface area contributed by atoms with Gasteiger partial charge >= 0.3 is 0 Å². The van der Waals surface area contributed by atoms with Gasteiger partial charge in [0.05, 0.1) is 6.04 Å². The molecule has 1 heterocycles. The smallest absolute Gasteiger partial charge is 0.0629 e. The Kier molecular flexibility index (Phi) is 7.32. The van der Waals surface area contributed by atoms with Crippen molar-refractivity contribution in [2.24, 2.45) is 0 Å². The number of anilines is 5. The topological polar surface area (TPSA) is 6.48 Å². The van der Waals surface area contributed by atoms with Crippen molar-refractivity contribution in [3.8, 4) is 22.3 Å². The molecule has 0 spiro atoms. The maximum atomic E-state index is 2.54. The third kappa shape index (κ3) is 5.20. The van der Waals surface area contributed by atoms with Gasteiger partial charge in [-0.1, -0.05) is 146 Å². The number of hydrogen-bond acceptors (Lipinski definition) is 2. The minimum Gasteiger partial charge on any atom is -0.333 e. The lowest BCUT2D eigenvalue weighted by atomic mass is 9.89. The van der Waals surface area contributed by atoms with Crippen molar-refractivity contribution in [1.82, 2.24) is 0 Å². The summed E-state index contributed by atoms with van der Waals surface area (Å²) in [7, 11) is 0. The summed E-state index contributed by atoms with van der Waals surface area (Å²) in [5, 5.41) is 5.07. The van der Waals surface area contributed by atoms with Crippen LogP contribution in [0.1, 0.15) is 11.5 Å². The van der Waals surface area contributed by atoms with Crippen LogP contribution < -0.4 is 9.80 Å². The number of allylic oxidation sites excluding steroid dienone is 2. The molecule has 0 N–H and O–H groups in total. The van der Waals surface area contributed by atoms with Crippen LogP contribution in [0.2, 0.25) is 0 Å². The van der Waals surface area contributed by atoms with E-state index in [2.05, 4.69) is 216 Å². The Morgan fingerprint density at radius 2 is 0.962 bits per heavy atom. The molecule has 0 amide bonds. The lowest BCUT2D eigenvalue weighted by Gasteiger charge is -2.29. The Morgan fingerprint density at radius 1 is 0.385 bits per heavy atom. The van der Waals surface area contributed by atoms with Crippen LogP contribution in [-0.4, -0.2) is 6.04 Å². The zero-order chi connectivity index (χ0) is 34.4.